The summed E-state index contributed by atoms with van der Waals surface area (Å²) in [6.07, 6.45) is 0. The molecule has 0 atom stereocenters. The summed E-state index contributed by atoms with van der Waals surface area (Å²) in [7, 11) is 0. The van der Waals surface area contributed by atoms with Gasteiger partial charge in [0.2, 0.25) is 0 Å². The summed E-state index contributed by atoms with van der Waals surface area (Å²) in [6, 6.07) is 111. The van der Waals surface area contributed by atoms with E-state index in [9.17, 15) is 40.9 Å². The highest BCUT2D eigenvalue weighted by atomic mass is 16.5. The minimum atomic E-state index is -0.821. The number of benzene rings is 20. The Kier molecular flexibility index (Phi) is 21.6. The van der Waals surface area contributed by atoms with Gasteiger partial charge in [0.15, 0.2) is 0 Å². The number of hydrogen-bond donors (Lipinski definition) is 8. The van der Waals surface area contributed by atoms with E-state index < -0.39 is 21.7 Å². The van der Waals surface area contributed by atoms with E-state index in [1.807, 2.05) is 225 Å². The molecule has 4 heterocycles. The minimum Gasteiger partial charge on any atom is -0.507 e. The van der Waals surface area contributed by atoms with Gasteiger partial charge in [-0.2, -0.15) is 0 Å². The largest absolute Gasteiger partial charge is 0.507 e. The first-order valence-electron chi connectivity index (χ1n) is 45.4. The quantitative estimate of drug-likeness (QED) is 0.0785. The highest BCUT2D eigenvalue weighted by Gasteiger charge is 2.48. The molecule has 0 aromatic heterocycles. The van der Waals surface area contributed by atoms with Crippen molar-refractivity contribution < 1.29 is 59.8 Å². The Morgan fingerprint density at radius 2 is 0.303 bits per heavy atom. The summed E-state index contributed by atoms with van der Waals surface area (Å²) in [6.45, 7) is 24.7. The van der Waals surface area contributed by atoms with Crippen molar-refractivity contribution >= 4 is 86.2 Å². The Morgan fingerprint density at radius 3 is 0.492 bits per heavy atom. The lowest BCUT2D eigenvalue weighted by atomic mass is 9.67. The second-order valence-corrected chi connectivity index (χ2v) is 33.7. The van der Waals surface area contributed by atoms with Gasteiger partial charge in [-0.25, -0.2) is 0 Å². The highest BCUT2D eigenvalue weighted by molar-refractivity contribution is 6.06. The summed E-state index contributed by atoms with van der Waals surface area (Å²) < 4.78 is 27.3. The lowest BCUT2D eigenvalue weighted by molar-refractivity contribution is 0.426. The maximum atomic E-state index is 11.4. The molecule has 12 nitrogen and oxygen atoms in total. The average Bonchev–Trinajstić information content (AvgIpc) is 0.427. The van der Waals surface area contributed by atoms with Crippen LogP contribution < -0.4 is 18.9 Å². The second kappa shape index (κ2) is 33.3. The van der Waals surface area contributed by atoms with E-state index in [0.29, 0.717) is 89.1 Å². The van der Waals surface area contributed by atoms with E-state index >= 15 is 0 Å². The van der Waals surface area contributed by atoms with E-state index in [2.05, 4.69) is 149 Å². The standard InChI is InChI=1S/2C56H38O6.4C2H6/c1-55(43-27-23-35-39(7-3-11-47(35)57)51(43)61-52-40-8-4-12-48(58)36(40)24-28-44(52)55)33-19-15-31(16-20-33)32-17-21-34(22-18-32)56(2)45-29-25-37-41(9-5-13-49(37)59)53(45)62-54-42-10-6-14-50(60)38(42)26-30-46(54)56;1-55(43-27-47(57)35-11-3-7-15-39(35)51(43)61-52-40-16-8-4-12-36(40)48(58)28-44(52)55)33-23-19-31(20-24-33)32-21-25-34(26-22-32)56(2)45-29-49(59)37-13-5-9-17-41(37)53(45)62-54-42-18-10-6-14-38(42)50(60)30-46(54)56;4*1-2/h2*3-30,57-60H,1-2H3;4*1-2H3. The van der Waals surface area contributed by atoms with E-state index in [-0.39, 0.29) is 46.0 Å². The van der Waals surface area contributed by atoms with Crippen molar-refractivity contribution in [3.63, 3.8) is 0 Å². The van der Waals surface area contributed by atoms with Crippen LogP contribution >= 0.6 is 0 Å². The third kappa shape index (κ3) is 12.9. The molecular weight excluding hydrogens is 1630 g/mol. The fraction of sp³-hybridized carbons (Fsp3) is 0.133. The van der Waals surface area contributed by atoms with Gasteiger partial charge in [-0.15, -0.1) is 0 Å². The first kappa shape index (κ1) is 85.5. The van der Waals surface area contributed by atoms with Gasteiger partial charge >= 0.3 is 0 Å². The van der Waals surface area contributed by atoms with Gasteiger partial charge in [0.1, 0.15) is 92.0 Å². The molecule has 0 bridgehead atoms. The second-order valence-electron chi connectivity index (χ2n) is 33.7. The van der Waals surface area contributed by atoms with E-state index in [4.69, 9.17) is 18.9 Å². The molecule has 20 aromatic rings. The number of hydrogen-bond acceptors (Lipinski definition) is 12. The third-order valence-corrected chi connectivity index (χ3v) is 27.5. The van der Waals surface area contributed by atoms with Gasteiger partial charge in [0.05, 0.1) is 0 Å². The highest BCUT2D eigenvalue weighted by Crippen LogP contribution is 2.63. The molecule has 132 heavy (non-hydrogen) atoms. The van der Waals surface area contributed by atoms with Crippen LogP contribution in [-0.2, 0) is 21.7 Å². The Morgan fingerprint density at radius 1 is 0.152 bits per heavy atom. The number of ether oxygens (including phenoxy) is 4. The van der Waals surface area contributed by atoms with Gasteiger partial charge in [-0.3, -0.25) is 0 Å². The Balaban J connectivity index is 0.000000159. The van der Waals surface area contributed by atoms with Gasteiger partial charge in [-0.1, -0.05) is 347 Å². The summed E-state index contributed by atoms with van der Waals surface area (Å²) in [5, 5.41) is 101. The van der Waals surface area contributed by atoms with Gasteiger partial charge in [0, 0.05) is 152 Å². The Labute approximate surface area is 766 Å². The summed E-state index contributed by atoms with van der Waals surface area (Å²) >= 11 is 0. The molecule has 20 aromatic carbocycles. The van der Waals surface area contributed by atoms with Gasteiger partial charge < -0.3 is 59.8 Å². The first-order chi connectivity index (χ1) is 64.3. The van der Waals surface area contributed by atoms with Crippen LogP contribution in [0.2, 0.25) is 0 Å². The molecular formula is C120H100O12. The fourth-order valence-corrected chi connectivity index (χ4v) is 20.7. The van der Waals surface area contributed by atoms with Crippen LogP contribution in [0.1, 0.15) is 150 Å². The van der Waals surface area contributed by atoms with Crippen molar-refractivity contribution in [2.24, 2.45) is 0 Å². The topological polar surface area (TPSA) is 199 Å². The van der Waals surface area contributed by atoms with E-state index in [1.54, 1.807) is 48.5 Å². The number of phenolic OH excluding ortho intramolecular Hbond substituents is 8. The summed E-state index contributed by atoms with van der Waals surface area (Å²) in [5.41, 5.74) is 12.4. The lowest BCUT2D eigenvalue weighted by Gasteiger charge is -2.39. The number of aromatic hydroxyl groups is 8. The molecule has 0 saturated carbocycles. The molecule has 0 fully saturated rings. The van der Waals surface area contributed by atoms with Crippen LogP contribution in [0, 0.1) is 0 Å². The van der Waals surface area contributed by atoms with Crippen molar-refractivity contribution in [2.75, 3.05) is 0 Å². The molecule has 0 aliphatic carbocycles. The lowest BCUT2D eigenvalue weighted by Crippen LogP contribution is -2.29. The van der Waals surface area contributed by atoms with Crippen LogP contribution in [-0.4, -0.2) is 40.9 Å². The maximum Gasteiger partial charge on any atom is 0.140 e. The molecule has 0 radical (unpaired) electrons. The van der Waals surface area contributed by atoms with E-state index in [1.165, 1.54) is 0 Å². The zero-order valence-corrected chi connectivity index (χ0v) is 75.5. The van der Waals surface area contributed by atoms with Crippen molar-refractivity contribution in [1.29, 1.82) is 0 Å². The van der Waals surface area contributed by atoms with Crippen LogP contribution in [0.4, 0.5) is 0 Å². The minimum absolute atomic E-state index is 0.162. The monoisotopic (exact) mass is 1730 g/mol. The zero-order chi connectivity index (χ0) is 92.1. The molecule has 12 heteroatoms. The maximum absolute atomic E-state index is 11.4. The summed E-state index contributed by atoms with van der Waals surface area (Å²) in [5.74, 6) is 6.85. The number of rotatable bonds is 6. The predicted octanol–water partition coefficient (Wildman–Crippen LogP) is 31.5. The zero-order valence-electron chi connectivity index (χ0n) is 75.5. The Hall–Kier alpha value is -15.9. The van der Waals surface area contributed by atoms with Crippen LogP contribution in [0.3, 0.4) is 0 Å². The van der Waals surface area contributed by atoms with Crippen LogP contribution in [0.15, 0.2) is 340 Å². The smallest absolute Gasteiger partial charge is 0.140 e. The van der Waals surface area contributed by atoms with Crippen molar-refractivity contribution in [2.45, 2.75) is 105 Å². The van der Waals surface area contributed by atoms with Crippen LogP contribution in [0.25, 0.3) is 108 Å². The first-order valence-corrected chi connectivity index (χ1v) is 45.4. The predicted molar refractivity (Wildman–Crippen MR) is 537 cm³/mol. The van der Waals surface area contributed by atoms with Crippen molar-refractivity contribution in [3.8, 4) is 114 Å². The molecule has 24 rings (SSSR count). The van der Waals surface area contributed by atoms with Crippen molar-refractivity contribution in [1.82, 2.24) is 0 Å². The Bertz CT molecular complexity index is 7170. The summed E-state index contributed by atoms with van der Waals surface area (Å²) in [4.78, 5) is 0. The normalized spacial score (nSPS) is 13.7. The van der Waals surface area contributed by atoms with Crippen LogP contribution in [0.5, 0.6) is 92.0 Å². The number of phenols is 8. The molecule has 652 valence electrons. The van der Waals surface area contributed by atoms with E-state index in [0.717, 1.165) is 132 Å². The molecule has 0 unspecified atom stereocenters. The molecule has 0 amide bonds. The molecule has 4 aliphatic heterocycles. The van der Waals surface area contributed by atoms with Crippen molar-refractivity contribution in [3.05, 3.63) is 406 Å². The molecule has 0 spiro atoms. The SMILES string of the molecule is CC.CC.CC.CC.CC1(c2ccc(-c3ccc(C4(C)c5cc(O)c6ccccc6c5Oc5c4cc(O)c4ccccc54)cc3)cc2)c2cc(O)c3ccccc3c2Oc2c1cc(O)c1ccccc21.CC1(c2ccc(-c3ccc(C4(C)c5ccc6c(O)cccc6c5Oc5c4ccc4c(O)cccc54)cc3)cc2)c2ccc3c(O)cccc3c2Oc2c1ccc1c(O)cccc21. The molecule has 0 saturated heterocycles. The number of fused-ring (bicyclic) bond motifs is 24. The van der Waals surface area contributed by atoms with Gasteiger partial charge in [-0.05, 0) is 121 Å². The van der Waals surface area contributed by atoms with Gasteiger partial charge in [0.25, 0.3) is 0 Å². The molecule has 8 N–H and O–H groups in total. The third-order valence-electron chi connectivity index (χ3n) is 27.5. The average molecular weight is 1730 g/mol. The molecule has 4 aliphatic rings. The fourth-order valence-electron chi connectivity index (χ4n) is 20.7.